The number of alkyl halides is 15. The monoisotopic (exact) mass is 2220 g/mol. The Hall–Kier alpha value is -10.5. The minimum absolute atomic E-state index is 0.0146. The molecule has 0 aliphatic carbocycles. The molecule has 0 aromatic heterocycles. The van der Waals surface area contributed by atoms with E-state index in [0.717, 1.165) is 37.3 Å². The Morgan fingerprint density at radius 1 is 0.308 bits per heavy atom. The Balaban J connectivity index is 0.000000241. The molecule has 146 heavy (non-hydrogen) atoms. The second-order valence-electron chi connectivity index (χ2n) is 31.5. The van der Waals surface area contributed by atoms with E-state index in [1.54, 1.807) is 35.0 Å². The fourth-order valence-electron chi connectivity index (χ4n) is 12.6. The molecule has 0 amide bonds. The molecule has 0 saturated heterocycles. The average Bonchev–Trinajstić information content (AvgIpc) is 0.713. The van der Waals surface area contributed by atoms with Gasteiger partial charge in [-0.1, -0.05) is 224 Å². The van der Waals surface area contributed by atoms with Crippen LogP contribution in [0.1, 0.15) is 125 Å². The molecular formula is C101H104F15NO20S9. The van der Waals surface area contributed by atoms with Crippen molar-refractivity contribution >= 4 is 93.2 Å². The van der Waals surface area contributed by atoms with Gasteiger partial charge in [0, 0.05) is 26.6 Å². The molecule has 0 aliphatic heterocycles. The second-order valence-corrected chi connectivity index (χ2v) is 47.2. The molecule has 0 N–H and O–H groups in total. The van der Waals surface area contributed by atoms with E-state index in [9.17, 15) is 125 Å². The van der Waals surface area contributed by atoms with E-state index in [4.69, 9.17) is 18.9 Å². The van der Waals surface area contributed by atoms with E-state index in [1.807, 2.05) is 38.1 Å². The maximum Gasteiger partial charge on any atom is 0.480 e. The molecule has 0 aliphatic rings. The van der Waals surface area contributed by atoms with Crippen LogP contribution in [0.3, 0.4) is 0 Å². The molecule has 0 radical (unpaired) electrons. The molecule has 12 aromatic carbocycles. The summed E-state index contributed by atoms with van der Waals surface area (Å²) in [7, 11) is -37.6. The van der Waals surface area contributed by atoms with E-state index in [-0.39, 0.29) is 63.3 Å². The minimum Gasteiger partial charge on any atom is -0.748 e. The maximum atomic E-state index is 14.0. The summed E-state index contributed by atoms with van der Waals surface area (Å²) in [5.41, 5.74) is -0.774. The number of benzene rings is 12. The number of methoxy groups -OCH3 is 2. The summed E-state index contributed by atoms with van der Waals surface area (Å²) < 4.78 is 381. The van der Waals surface area contributed by atoms with Crippen LogP contribution in [0.25, 0.3) is 4.13 Å². The second kappa shape index (κ2) is 54.1. The predicted octanol–water partition coefficient (Wildman–Crippen LogP) is 25.2. The molecule has 0 saturated carbocycles. The SMILES string of the molecule is CCC(C)c1ccc(OCCCS(=O)(=O)[O-])cc1.CCC(C)c1ccc(OS(=O)(=O)C(F)(F)C(F)(F)C(F)(F)S(=O)(=O)[N-]S(=O)(=O)C(F)(F)F)cc1.CCC(C)c1ccc(OS(=O)(=O)C(F)(F)C(F)(F)C(F)(F)S(=O)(=O)[O-])cc1.CCOCc1ccc([S+](c2ccc(COC)cc2)c2ccc(COC)cc2)cc1.c1ccc([S+](c2ccccc2)c2ccccc2)cc1.c1ccc([S+](c2ccccc2)c2ccccc2)cc1. The van der Waals surface area contributed by atoms with Crippen molar-refractivity contribution < 1.29 is 153 Å². The van der Waals surface area contributed by atoms with Crippen molar-refractivity contribution in [2.75, 3.05) is 33.2 Å². The van der Waals surface area contributed by atoms with Crippen LogP contribution in [-0.2, 0) is 127 Å². The number of halogens is 15. The minimum atomic E-state index is -7.96. The molecule has 3 atom stereocenters. The molecule has 0 bridgehead atoms. The van der Waals surface area contributed by atoms with Crippen LogP contribution in [0.15, 0.2) is 372 Å². The first-order chi connectivity index (χ1) is 68.4. The number of ether oxygens (including phenoxy) is 4. The van der Waals surface area contributed by atoms with Gasteiger partial charge in [-0.2, -0.15) is 82.7 Å². The van der Waals surface area contributed by atoms with Crippen molar-refractivity contribution in [3.63, 3.8) is 0 Å². The van der Waals surface area contributed by atoms with Crippen LogP contribution >= 0.6 is 0 Å². The number of sulfonamides is 2. The standard InChI is InChI=1S/C25H29O3S.2C18H15S.C14H13F9NO7S3.C13H14F6O6S2.C13H20O4S/c1-4-28-19-22-9-15-25(16-10-22)29(23-11-5-20(6-12-23)17-26-2)24-13-7-21(8-14-24)18-27-3;2*1-4-10-16(11-5-1)19(17-12-6-2-7-13-17)18-14-8-3-9-15-18;1-3-8(2)9-4-6-10(7-5-9)31-34(29,30)13(19,20)11(15,16)12(17,18)32(25,26)24-33(27,28)14(21,22)23;1-3-8(2)9-4-6-10(7-5-9)25-27(23,24)13(18,19)11(14,15)12(16,17)26(20,21)22;1-3-11(2)12-5-7-13(8-6-12)17-9-4-10-18(14,15)16/h5-16H,4,17-19H2,1-3H3;2*1-15H;4-8H,3H2,1-2H3;4-8H,3H2,1-2H3,(H,20,21,22);5-8,11H,3-4,9-10H2,1-2H3,(H,14,15,16)/q3*+1;-1;;/p-2. The molecule has 792 valence electrons. The molecule has 0 heterocycles. The van der Waals surface area contributed by atoms with Gasteiger partial charge in [-0.05, 0) is 229 Å². The first-order valence-corrected chi connectivity index (χ1v) is 56.3. The van der Waals surface area contributed by atoms with Gasteiger partial charge in [0.1, 0.15) is 17.2 Å². The van der Waals surface area contributed by atoms with Crippen LogP contribution < -0.4 is 13.1 Å². The third-order valence-corrected chi connectivity index (χ3v) is 35.1. The first kappa shape index (κ1) is 122. The van der Waals surface area contributed by atoms with Gasteiger partial charge >= 0.3 is 58.6 Å². The van der Waals surface area contributed by atoms with E-state index in [2.05, 4.69) is 277 Å². The zero-order valence-corrected chi connectivity index (χ0v) is 86.8. The molecule has 12 rings (SSSR count). The summed E-state index contributed by atoms with van der Waals surface area (Å²) in [5.74, 6) is -16.0. The third-order valence-electron chi connectivity index (χ3n) is 21.1. The van der Waals surface area contributed by atoms with Crippen molar-refractivity contribution in [1.82, 2.24) is 0 Å². The lowest BCUT2D eigenvalue weighted by Gasteiger charge is -2.35. The van der Waals surface area contributed by atoms with Gasteiger partial charge in [0.25, 0.3) is 0 Å². The highest BCUT2D eigenvalue weighted by atomic mass is 32.3. The maximum absolute atomic E-state index is 14.0. The fourth-order valence-corrected chi connectivity index (χ4v) is 23.9. The van der Waals surface area contributed by atoms with Gasteiger partial charge in [0.2, 0.25) is 0 Å². The number of rotatable bonds is 41. The lowest BCUT2D eigenvalue weighted by molar-refractivity contribution is -0.247. The van der Waals surface area contributed by atoms with Gasteiger partial charge in [-0.25, -0.2) is 33.7 Å². The average molecular weight is 2230 g/mol. The van der Waals surface area contributed by atoms with Crippen molar-refractivity contribution in [2.24, 2.45) is 0 Å². The quantitative estimate of drug-likeness (QED) is 0.0113. The van der Waals surface area contributed by atoms with Gasteiger partial charge in [0.15, 0.2) is 74.2 Å². The third kappa shape index (κ3) is 33.0. The number of hydrogen-bond acceptors (Lipinski definition) is 20. The highest BCUT2D eigenvalue weighted by Crippen LogP contribution is 2.55. The van der Waals surface area contributed by atoms with Crippen LogP contribution in [0, 0.1) is 0 Å². The van der Waals surface area contributed by atoms with Crippen LogP contribution in [0.4, 0.5) is 65.9 Å². The molecule has 45 heteroatoms. The molecule has 3 unspecified atom stereocenters. The summed E-state index contributed by atoms with van der Waals surface area (Å²) >= 11 is 0. The van der Waals surface area contributed by atoms with E-state index in [1.165, 1.54) is 78.4 Å². The molecule has 0 spiro atoms. The van der Waals surface area contributed by atoms with Crippen molar-refractivity contribution in [1.29, 1.82) is 0 Å². The summed E-state index contributed by atoms with van der Waals surface area (Å²) in [6, 6.07) is 106. The Labute approximate surface area is 849 Å². The van der Waals surface area contributed by atoms with Crippen molar-refractivity contribution in [2.45, 2.75) is 194 Å². The number of nitrogens with zero attached hydrogens (tertiary/aromatic N) is 1. The highest BCUT2D eigenvalue weighted by molar-refractivity contribution is 8.13. The molecule has 0 fully saturated rings. The Morgan fingerprint density at radius 2 is 0.555 bits per heavy atom. The normalized spacial score (nSPS) is 13.1. The smallest absolute Gasteiger partial charge is 0.480 e. The van der Waals surface area contributed by atoms with Gasteiger partial charge in [-0.3, -0.25) is 0 Å². The van der Waals surface area contributed by atoms with E-state index >= 15 is 0 Å². The highest BCUT2D eigenvalue weighted by Gasteiger charge is 2.83. The first-order valence-electron chi connectivity index (χ1n) is 44.0. The summed E-state index contributed by atoms with van der Waals surface area (Å²) in [5, 5.41) is -28.3. The lowest BCUT2D eigenvalue weighted by atomic mass is 9.99. The number of hydrogen-bond donors (Lipinski definition) is 0. The summed E-state index contributed by atoms with van der Waals surface area (Å²) in [4.78, 5) is 12.0. The van der Waals surface area contributed by atoms with Crippen molar-refractivity contribution in [3.8, 4) is 17.2 Å². The Morgan fingerprint density at radius 3 is 0.788 bits per heavy atom. The van der Waals surface area contributed by atoms with E-state index in [0.29, 0.717) is 71.7 Å². The fraction of sp³-hybridized carbons (Fsp3) is 0.287. The molecule has 12 aromatic rings. The van der Waals surface area contributed by atoms with Crippen LogP contribution in [0.2, 0.25) is 0 Å². The zero-order valence-electron chi connectivity index (χ0n) is 79.4. The van der Waals surface area contributed by atoms with Crippen LogP contribution in [-0.4, -0.2) is 131 Å². The molecular weight excluding hydrogens is 2120 g/mol. The van der Waals surface area contributed by atoms with Crippen LogP contribution in [0.5, 0.6) is 17.2 Å². The molecule has 21 nitrogen and oxygen atoms in total. The summed E-state index contributed by atoms with van der Waals surface area (Å²) in [6.07, 6.45) is 2.52. The van der Waals surface area contributed by atoms with E-state index < -0.39 is 110 Å². The topological polar surface area (TPSA) is 320 Å². The van der Waals surface area contributed by atoms with Gasteiger partial charge < -0.3 is 40.5 Å². The summed E-state index contributed by atoms with van der Waals surface area (Å²) in [6.45, 7) is 16.2. The predicted molar refractivity (Wildman–Crippen MR) is 527 cm³/mol. The largest absolute Gasteiger partial charge is 0.748 e. The van der Waals surface area contributed by atoms with Crippen molar-refractivity contribution in [3.05, 3.63) is 365 Å². The lowest BCUT2D eigenvalue weighted by Crippen LogP contribution is -2.61. The van der Waals surface area contributed by atoms with Gasteiger partial charge in [-0.15, -0.1) is 0 Å². The zero-order chi connectivity index (χ0) is 109. The Kier molecular flexibility index (Phi) is 45.4. The van der Waals surface area contributed by atoms with Gasteiger partial charge in [0.05, 0.1) is 69.2 Å². The Bertz CT molecular complexity index is 6400.